The Morgan fingerprint density at radius 1 is 1.44 bits per heavy atom. The summed E-state index contributed by atoms with van der Waals surface area (Å²) in [5, 5.41) is 3.63. The van der Waals surface area contributed by atoms with Crippen molar-refractivity contribution in [2.75, 3.05) is 0 Å². The average molecular weight is 302 g/mol. The highest BCUT2D eigenvalue weighted by Crippen LogP contribution is 2.27. The number of alkyl halides is 1. The van der Waals surface area contributed by atoms with E-state index in [9.17, 15) is 0 Å². The zero-order chi connectivity index (χ0) is 13.1. The van der Waals surface area contributed by atoms with Crippen LogP contribution in [0.1, 0.15) is 29.3 Å². The van der Waals surface area contributed by atoms with Gasteiger partial charge in [-0.2, -0.15) is 0 Å². The maximum atomic E-state index is 5.98. The van der Waals surface area contributed by atoms with Crippen molar-refractivity contribution in [1.29, 1.82) is 0 Å². The van der Waals surface area contributed by atoms with Gasteiger partial charge in [0, 0.05) is 10.4 Å². The third kappa shape index (κ3) is 3.16. The topological polar surface area (TPSA) is 22.1 Å². The average Bonchev–Trinajstić information content (AvgIpc) is 2.82. The maximum absolute atomic E-state index is 5.98. The third-order valence-electron chi connectivity index (χ3n) is 2.50. The van der Waals surface area contributed by atoms with E-state index in [1.54, 1.807) is 11.3 Å². The lowest BCUT2D eigenvalue weighted by molar-refractivity contribution is 0.226. The van der Waals surface area contributed by atoms with Crippen LogP contribution in [0.5, 0.6) is 5.75 Å². The van der Waals surface area contributed by atoms with Crippen LogP contribution in [0.25, 0.3) is 0 Å². The zero-order valence-electron chi connectivity index (χ0n) is 10.1. The third-order valence-corrected chi connectivity index (χ3v) is 4.25. The molecule has 1 atom stereocenters. The summed E-state index contributed by atoms with van der Waals surface area (Å²) in [5.74, 6) is 1.23. The molecule has 0 aliphatic heterocycles. The molecule has 2 aromatic rings. The number of ether oxygens (including phenoxy) is 1. The van der Waals surface area contributed by atoms with Crippen LogP contribution >= 0.6 is 34.5 Å². The molecule has 18 heavy (non-hydrogen) atoms. The molecule has 0 radical (unpaired) electrons. The van der Waals surface area contributed by atoms with E-state index in [2.05, 4.69) is 4.98 Å². The van der Waals surface area contributed by atoms with Crippen molar-refractivity contribution in [3.63, 3.8) is 0 Å². The predicted octanol–water partition coefficient (Wildman–Crippen LogP) is 4.98. The van der Waals surface area contributed by atoms with Crippen molar-refractivity contribution in [1.82, 2.24) is 4.98 Å². The highest BCUT2D eigenvalue weighted by atomic mass is 35.5. The van der Waals surface area contributed by atoms with Gasteiger partial charge in [0.15, 0.2) is 0 Å². The number of aromatic nitrogens is 1. The fourth-order valence-electron chi connectivity index (χ4n) is 1.52. The van der Waals surface area contributed by atoms with E-state index in [1.165, 1.54) is 0 Å². The summed E-state index contributed by atoms with van der Waals surface area (Å²) >= 11 is 13.3. The highest BCUT2D eigenvalue weighted by Gasteiger charge is 2.12. The number of halogens is 2. The van der Waals surface area contributed by atoms with Gasteiger partial charge in [0.25, 0.3) is 0 Å². The molecular weight excluding hydrogens is 289 g/mol. The largest absolute Gasteiger partial charge is 0.484 e. The first-order valence-corrected chi connectivity index (χ1v) is 7.32. The molecule has 1 unspecified atom stereocenters. The molecule has 1 heterocycles. The van der Waals surface area contributed by atoms with Gasteiger partial charge in [-0.3, -0.25) is 0 Å². The monoisotopic (exact) mass is 301 g/mol. The molecule has 1 aromatic carbocycles. The fourth-order valence-corrected chi connectivity index (χ4v) is 2.66. The second-order valence-electron chi connectivity index (χ2n) is 3.98. The molecule has 5 heteroatoms. The van der Waals surface area contributed by atoms with E-state index in [0.29, 0.717) is 5.88 Å². The lowest BCUT2D eigenvalue weighted by Crippen LogP contribution is -2.03. The van der Waals surface area contributed by atoms with Crippen molar-refractivity contribution in [2.24, 2.45) is 0 Å². The smallest absolute Gasteiger partial charge is 0.147 e. The Labute approximate surface area is 121 Å². The quantitative estimate of drug-likeness (QED) is 0.743. The molecule has 0 amide bonds. The number of hydrogen-bond acceptors (Lipinski definition) is 3. The Bertz CT molecular complexity index is 542. The van der Waals surface area contributed by atoms with Crippen molar-refractivity contribution in [3.8, 4) is 5.75 Å². The van der Waals surface area contributed by atoms with Crippen molar-refractivity contribution >= 4 is 34.5 Å². The van der Waals surface area contributed by atoms with Gasteiger partial charge in [0.2, 0.25) is 0 Å². The minimum atomic E-state index is -0.0902. The van der Waals surface area contributed by atoms with Gasteiger partial charge in [0.05, 0.1) is 11.6 Å². The first kappa shape index (κ1) is 13.7. The minimum Gasteiger partial charge on any atom is -0.484 e. The highest BCUT2D eigenvalue weighted by molar-refractivity contribution is 7.09. The summed E-state index contributed by atoms with van der Waals surface area (Å²) < 4.78 is 5.84. The molecule has 0 fully saturated rings. The Balaban J connectivity index is 2.10. The van der Waals surface area contributed by atoms with E-state index >= 15 is 0 Å². The van der Waals surface area contributed by atoms with Gasteiger partial charge in [-0.25, -0.2) is 4.98 Å². The van der Waals surface area contributed by atoms with Gasteiger partial charge in [-0.15, -0.1) is 22.9 Å². The molecule has 0 aliphatic rings. The number of aryl methyl sites for hydroxylation is 1. The van der Waals surface area contributed by atoms with Gasteiger partial charge in [0.1, 0.15) is 16.9 Å². The summed E-state index contributed by atoms with van der Waals surface area (Å²) in [6.07, 6.45) is -0.0902. The standard InChI is InChI=1S/C13H13Cl2NOS/c1-8-5-11(3-4-12(8)15)17-9(2)13-16-10(6-14)7-18-13/h3-5,7,9H,6H2,1-2H3. The first-order valence-electron chi connectivity index (χ1n) is 5.53. The molecule has 1 aromatic heterocycles. The van der Waals surface area contributed by atoms with Crippen LogP contribution < -0.4 is 4.74 Å². The second-order valence-corrected chi connectivity index (χ2v) is 5.55. The van der Waals surface area contributed by atoms with Crippen LogP contribution in [-0.2, 0) is 5.88 Å². The summed E-state index contributed by atoms with van der Waals surface area (Å²) in [5.41, 5.74) is 1.89. The molecule has 0 saturated carbocycles. The van der Waals surface area contributed by atoms with Crippen LogP contribution in [0.2, 0.25) is 5.02 Å². The minimum absolute atomic E-state index is 0.0902. The second kappa shape index (κ2) is 5.91. The lowest BCUT2D eigenvalue weighted by Gasteiger charge is -2.13. The number of nitrogens with zero attached hydrogens (tertiary/aromatic N) is 1. The predicted molar refractivity (Wildman–Crippen MR) is 76.9 cm³/mol. The normalized spacial score (nSPS) is 12.4. The van der Waals surface area contributed by atoms with Crippen molar-refractivity contribution in [3.05, 3.63) is 44.9 Å². The summed E-state index contributed by atoms with van der Waals surface area (Å²) in [6, 6.07) is 5.63. The molecule has 2 nitrogen and oxygen atoms in total. The van der Waals surface area contributed by atoms with E-state index in [1.807, 2.05) is 37.4 Å². The number of benzene rings is 1. The van der Waals surface area contributed by atoms with Gasteiger partial charge in [-0.1, -0.05) is 11.6 Å². The Kier molecular flexibility index (Phi) is 4.49. The van der Waals surface area contributed by atoms with Gasteiger partial charge >= 0.3 is 0 Å². The van der Waals surface area contributed by atoms with Crippen LogP contribution in [0.4, 0.5) is 0 Å². The molecule has 0 saturated heterocycles. The van der Waals surface area contributed by atoms with Crippen LogP contribution in [0, 0.1) is 6.92 Å². The van der Waals surface area contributed by atoms with E-state index in [4.69, 9.17) is 27.9 Å². The maximum Gasteiger partial charge on any atom is 0.147 e. The van der Waals surface area contributed by atoms with Crippen LogP contribution in [0.3, 0.4) is 0 Å². The summed E-state index contributed by atoms with van der Waals surface area (Å²) in [6.45, 7) is 3.93. The SMILES string of the molecule is Cc1cc(OC(C)c2nc(CCl)cs2)ccc1Cl. The Morgan fingerprint density at radius 2 is 2.22 bits per heavy atom. The number of thiazole rings is 1. The van der Waals surface area contributed by atoms with E-state index in [-0.39, 0.29) is 6.10 Å². The summed E-state index contributed by atoms with van der Waals surface area (Å²) in [7, 11) is 0. The van der Waals surface area contributed by atoms with Crippen LogP contribution in [-0.4, -0.2) is 4.98 Å². The molecule has 0 aliphatic carbocycles. The molecule has 2 rings (SSSR count). The molecular formula is C13H13Cl2NOS. The van der Waals surface area contributed by atoms with E-state index < -0.39 is 0 Å². The van der Waals surface area contributed by atoms with Gasteiger partial charge in [-0.05, 0) is 37.6 Å². The lowest BCUT2D eigenvalue weighted by atomic mass is 10.2. The summed E-state index contributed by atoms with van der Waals surface area (Å²) in [4.78, 5) is 4.40. The molecule has 96 valence electrons. The fraction of sp³-hybridized carbons (Fsp3) is 0.308. The molecule has 0 bridgehead atoms. The van der Waals surface area contributed by atoms with Crippen molar-refractivity contribution < 1.29 is 4.74 Å². The molecule has 0 N–H and O–H groups in total. The number of hydrogen-bond donors (Lipinski definition) is 0. The molecule has 0 spiro atoms. The zero-order valence-corrected chi connectivity index (χ0v) is 12.4. The Morgan fingerprint density at radius 3 is 2.83 bits per heavy atom. The van der Waals surface area contributed by atoms with Crippen LogP contribution in [0.15, 0.2) is 23.6 Å². The Hall–Kier alpha value is -0.770. The van der Waals surface area contributed by atoms with E-state index in [0.717, 1.165) is 27.0 Å². The van der Waals surface area contributed by atoms with Gasteiger partial charge < -0.3 is 4.74 Å². The number of rotatable bonds is 4. The first-order chi connectivity index (χ1) is 8.60. The van der Waals surface area contributed by atoms with Crippen molar-refractivity contribution in [2.45, 2.75) is 25.8 Å².